The number of nitriles is 1. The van der Waals surface area contributed by atoms with E-state index < -0.39 is 10.0 Å². The van der Waals surface area contributed by atoms with Crippen LogP contribution in [0.1, 0.15) is 16.7 Å². The van der Waals surface area contributed by atoms with Gasteiger partial charge in [-0.05, 0) is 55.3 Å². The van der Waals surface area contributed by atoms with Gasteiger partial charge in [0.25, 0.3) is 0 Å². The molecule has 2 amide bonds. The Morgan fingerprint density at radius 2 is 1.75 bits per heavy atom. The normalized spacial score (nSPS) is 14.5. The van der Waals surface area contributed by atoms with Gasteiger partial charge in [0.15, 0.2) is 0 Å². The van der Waals surface area contributed by atoms with Gasteiger partial charge in [-0.2, -0.15) is 9.57 Å². The SMILES string of the molecule is C=CN(C)C(=O)N1CCN(S(=O)(=O)c2cc(C#N)ccc2Oc2cc(C)cc(C)c2)CC1. The number of sulfonamides is 1. The first-order valence-corrected chi connectivity index (χ1v) is 11.5. The van der Waals surface area contributed by atoms with Gasteiger partial charge in [0, 0.05) is 39.4 Å². The molecule has 0 unspecified atom stereocenters. The third-order valence-corrected chi connectivity index (χ3v) is 7.12. The number of carbonyl (C=O) groups is 1. The minimum Gasteiger partial charge on any atom is -0.456 e. The number of amides is 2. The van der Waals surface area contributed by atoms with Crippen LogP contribution in [0.15, 0.2) is 54.1 Å². The molecule has 1 heterocycles. The molecule has 0 spiro atoms. The minimum atomic E-state index is -3.96. The first-order chi connectivity index (χ1) is 15.1. The molecule has 1 saturated heterocycles. The van der Waals surface area contributed by atoms with Crippen LogP contribution in [0, 0.1) is 25.2 Å². The summed E-state index contributed by atoms with van der Waals surface area (Å²) in [5.41, 5.74) is 2.20. The Morgan fingerprint density at radius 1 is 1.12 bits per heavy atom. The fourth-order valence-electron chi connectivity index (χ4n) is 3.54. The topological polar surface area (TPSA) is 94.0 Å². The maximum atomic E-state index is 13.5. The second kappa shape index (κ2) is 9.42. The number of aryl methyl sites for hydroxylation is 2. The molecular formula is C23H26N4O4S. The lowest BCUT2D eigenvalue weighted by molar-refractivity contribution is 0.153. The van der Waals surface area contributed by atoms with Crippen molar-refractivity contribution in [2.75, 3.05) is 33.2 Å². The molecule has 8 nitrogen and oxygen atoms in total. The van der Waals surface area contributed by atoms with E-state index in [4.69, 9.17) is 4.74 Å². The van der Waals surface area contributed by atoms with Crippen molar-refractivity contribution in [1.82, 2.24) is 14.1 Å². The smallest absolute Gasteiger partial charge is 0.323 e. The average Bonchev–Trinajstić information content (AvgIpc) is 2.77. The molecule has 0 atom stereocenters. The van der Waals surface area contributed by atoms with Gasteiger partial charge in [-0.15, -0.1) is 0 Å². The van der Waals surface area contributed by atoms with Crippen LogP contribution in [0.2, 0.25) is 0 Å². The monoisotopic (exact) mass is 454 g/mol. The maximum absolute atomic E-state index is 13.5. The fourth-order valence-corrected chi connectivity index (χ4v) is 5.10. The molecule has 3 rings (SSSR count). The van der Waals surface area contributed by atoms with Gasteiger partial charge in [0.2, 0.25) is 10.0 Å². The zero-order chi connectivity index (χ0) is 23.5. The highest BCUT2D eigenvalue weighted by molar-refractivity contribution is 7.89. The summed E-state index contributed by atoms with van der Waals surface area (Å²) in [7, 11) is -2.36. The van der Waals surface area contributed by atoms with Gasteiger partial charge >= 0.3 is 6.03 Å². The number of benzene rings is 2. The zero-order valence-corrected chi connectivity index (χ0v) is 19.2. The molecule has 0 N–H and O–H groups in total. The Kier molecular flexibility index (Phi) is 6.87. The van der Waals surface area contributed by atoms with Crippen molar-refractivity contribution in [2.24, 2.45) is 0 Å². The fraction of sp³-hybridized carbons (Fsp3) is 0.304. The van der Waals surface area contributed by atoms with Crippen molar-refractivity contribution in [3.8, 4) is 17.6 Å². The second-order valence-corrected chi connectivity index (χ2v) is 9.57. The molecule has 1 aliphatic rings. The predicted octanol–water partition coefficient (Wildman–Crippen LogP) is 3.47. The molecule has 0 radical (unpaired) electrons. The molecule has 1 fully saturated rings. The van der Waals surface area contributed by atoms with Crippen LogP contribution >= 0.6 is 0 Å². The zero-order valence-electron chi connectivity index (χ0n) is 18.4. The molecule has 2 aromatic rings. The molecule has 0 aromatic heterocycles. The Bertz CT molecular complexity index is 1160. The highest BCUT2D eigenvalue weighted by Crippen LogP contribution is 2.33. The van der Waals surface area contributed by atoms with Crippen LogP contribution in [-0.4, -0.2) is 61.8 Å². The molecule has 2 aromatic carbocycles. The van der Waals surface area contributed by atoms with E-state index in [-0.39, 0.29) is 48.4 Å². The number of piperazine rings is 1. The van der Waals surface area contributed by atoms with Crippen molar-refractivity contribution in [1.29, 1.82) is 5.26 Å². The number of rotatable bonds is 5. The van der Waals surface area contributed by atoms with E-state index >= 15 is 0 Å². The highest BCUT2D eigenvalue weighted by Gasteiger charge is 2.33. The summed E-state index contributed by atoms with van der Waals surface area (Å²) >= 11 is 0. The number of urea groups is 1. The summed E-state index contributed by atoms with van der Waals surface area (Å²) in [6.07, 6.45) is 1.41. The number of ether oxygens (including phenoxy) is 1. The van der Waals surface area contributed by atoms with E-state index in [9.17, 15) is 18.5 Å². The predicted molar refractivity (Wildman–Crippen MR) is 121 cm³/mol. The Hall–Kier alpha value is -3.35. The van der Waals surface area contributed by atoms with Gasteiger partial charge in [0.05, 0.1) is 11.6 Å². The van der Waals surface area contributed by atoms with Crippen molar-refractivity contribution >= 4 is 16.1 Å². The molecule has 0 saturated carbocycles. The number of hydrogen-bond acceptors (Lipinski definition) is 5. The summed E-state index contributed by atoms with van der Waals surface area (Å²) in [5, 5.41) is 9.31. The van der Waals surface area contributed by atoms with Gasteiger partial charge < -0.3 is 14.5 Å². The van der Waals surface area contributed by atoms with E-state index in [1.54, 1.807) is 11.9 Å². The Balaban J connectivity index is 1.89. The highest BCUT2D eigenvalue weighted by atomic mass is 32.2. The van der Waals surface area contributed by atoms with E-state index in [2.05, 4.69) is 6.58 Å². The van der Waals surface area contributed by atoms with Gasteiger partial charge in [-0.3, -0.25) is 0 Å². The van der Waals surface area contributed by atoms with E-state index in [1.165, 1.54) is 33.6 Å². The van der Waals surface area contributed by atoms with Crippen molar-refractivity contribution in [3.05, 3.63) is 65.9 Å². The molecule has 0 bridgehead atoms. The third-order valence-electron chi connectivity index (χ3n) is 5.20. The lowest BCUT2D eigenvalue weighted by atomic mass is 10.1. The second-order valence-electron chi connectivity index (χ2n) is 7.67. The lowest BCUT2D eigenvalue weighted by Gasteiger charge is -2.35. The molecule has 168 valence electrons. The summed E-state index contributed by atoms with van der Waals surface area (Å²) in [6.45, 7) is 8.21. The number of carbonyl (C=O) groups excluding carboxylic acids is 1. The van der Waals surface area contributed by atoms with E-state index in [0.29, 0.717) is 5.75 Å². The Labute approximate surface area is 189 Å². The van der Waals surface area contributed by atoms with Crippen molar-refractivity contribution < 1.29 is 17.9 Å². The first-order valence-electron chi connectivity index (χ1n) is 10.1. The standard InChI is InChI=1S/C23H26N4O4S/c1-5-25(4)23(28)26-8-10-27(11-9-26)32(29,30)22-15-19(16-24)6-7-21(22)31-20-13-17(2)12-18(3)14-20/h5-7,12-15H,1,8-11H2,2-4H3. The van der Waals surface area contributed by atoms with E-state index in [1.807, 2.05) is 38.1 Å². The largest absolute Gasteiger partial charge is 0.456 e. The molecular weight excluding hydrogens is 428 g/mol. The lowest BCUT2D eigenvalue weighted by Crippen LogP contribution is -2.52. The van der Waals surface area contributed by atoms with Gasteiger partial charge in [-0.25, -0.2) is 13.2 Å². The van der Waals surface area contributed by atoms with Crippen LogP contribution in [0.5, 0.6) is 11.5 Å². The first kappa shape index (κ1) is 23.3. The number of nitrogens with zero attached hydrogens (tertiary/aromatic N) is 4. The van der Waals surface area contributed by atoms with Crippen LogP contribution < -0.4 is 4.74 Å². The quantitative estimate of drug-likeness (QED) is 0.690. The minimum absolute atomic E-state index is 0.0707. The summed E-state index contributed by atoms with van der Waals surface area (Å²) in [4.78, 5) is 15.2. The van der Waals surface area contributed by atoms with Crippen molar-refractivity contribution in [3.63, 3.8) is 0 Å². The van der Waals surface area contributed by atoms with Crippen LogP contribution in [0.4, 0.5) is 4.79 Å². The molecule has 1 aliphatic heterocycles. The summed E-state index contributed by atoms with van der Waals surface area (Å²) in [5.74, 6) is 0.672. The Morgan fingerprint density at radius 3 is 2.31 bits per heavy atom. The maximum Gasteiger partial charge on any atom is 0.323 e. The van der Waals surface area contributed by atoms with Crippen LogP contribution in [-0.2, 0) is 10.0 Å². The molecule has 9 heteroatoms. The number of hydrogen-bond donors (Lipinski definition) is 0. The molecule has 32 heavy (non-hydrogen) atoms. The summed E-state index contributed by atoms with van der Waals surface area (Å²) < 4.78 is 34.2. The van der Waals surface area contributed by atoms with E-state index in [0.717, 1.165) is 11.1 Å². The average molecular weight is 455 g/mol. The van der Waals surface area contributed by atoms with Crippen molar-refractivity contribution in [2.45, 2.75) is 18.7 Å². The van der Waals surface area contributed by atoms with Crippen LogP contribution in [0.3, 0.4) is 0 Å². The van der Waals surface area contributed by atoms with Gasteiger partial charge in [0.1, 0.15) is 16.4 Å². The van der Waals surface area contributed by atoms with Crippen LogP contribution in [0.25, 0.3) is 0 Å². The third kappa shape index (κ3) is 4.93. The summed E-state index contributed by atoms with van der Waals surface area (Å²) in [6, 6.07) is 11.7. The van der Waals surface area contributed by atoms with Gasteiger partial charge in [-0.1, -0.05) is 12.6 Å². The molecule has 0 aliphatic carbocycles.